The maximum absolute atomic E-state index is 12.7. The molecule has 2 fully saturated rings. The number of nitrogens with zero attached hydrogens (tertiary/aromatic N) is 3. The Balaban J connectivity index is 1.62. The van der Waals surface area contributed by atoms with Crippen molar-refractivity contribution in [1.29, 1.82) is 0 Å². The van der Waals surface area contributed by atoms with Gasteiger partial charge in [0.15, 0.2) is 0 Å². The zero-order valence-corrected chi connectivity index (χ0v) is 14.3. The Morgan fingerprint density at radius 1 is 1.04 bits per heavy atom. The van der Waals surface area contributed by atoms with Gasteiger partial charge in [-0.25, -0.2) is 0 Å². The van der Waals surface area contributed by atoms with Crippen LogP contribution >= 0.6 is 11.6 Å². The first-order valence-electron chi connectivity index (χ1n) is 8.06. The highest BCUT2D eigenvalue weighted by molar-refractivity contribution is 6.30. The Bertz CT molecular complexity index is 654. The summed E-state index contributed by atoms with van der Waals surface area (Å²) < 4.78 is 0. The molecule has 1 atom stereocenters. The Hall–Kier alpha value is -2.08. The highest BCUT2D eigenvalue weighted by atomic mass is 35.5. The van der Waals surface area contributed by atoms with Crippen LogP contribution in [-0.2, 0) is 14.4 Å². The largest absolute Gasteiger partial charge is 0.339 e. The lowest BCUT2D eigenvalue weighted by Crippen LogP contribution is -2.51. The molecule has 2 aliphatic heterocycles. The molecule has 0 bridgehead atoms. The van der Waals surface area contributed by atoms with Crippen LogP contribution in [-0.4, -0.2) is 60.2 Å². The number of anilines is 1. The minimum atomic E-state index is -0.322. The van der Waals surface area contributed by atoms with Crippen molar-refractivity contribution in [3.05, 3.63) is 29.3 Å². The third-order valence-corrected chi connectivity index (χ3v) is 4.90. The van der Waals surface area contributed by atoms with Crippen molar-refractivity contribution in [1.82, 2.24) is 9.80 Å². The van der Waals surface area contributed by atoms with E-state index in [-0.39, 0.29) is 30.1 Å². The van der Waals surface area contributed by atoms with Gasteiger partial charge in [0, 0.05) is 56.8 Å². The van der Waals surface area contributed by atoms with Crippen LogP contribution in [0.5, 0.6) is 0 Å². The topological polar surface area (TPSA) is 60.9 Å². The minimum Gasteiger partial charge on any atom is -0.339 e. The van der Waals surface area contributed by atoms with Gasteiger partial charge in [0.05, 0.1) is 5.92 Å². The molecule has 0 radical (unpaired) electrons. The molecule has 0 saturated carbocycles. The number of amides is 3. The fourth-order valence-corrected chi connectivity index (χ4v) is 3.37. The van der Waals surface area contributed by atoms with E-state index < -0.39 is 0 Å². The molecule has 1 aromatic carbocycles. The number of halogens is 1. The zero-order chi connectivity index (χ0) is 17.3. The Morgan fingerprint density at radius 3 is 2.21 bits per heavy atom. The van der Waals surface area contributed by atoms with Crippen LogP contribution in [0.2, 0.25) is 5.02 Å². The predicted molar refractivity (Wildman–Crippen MR) is 90.7 cm³/mol. The van der Waals surface area contributed by atoms with Crippen molar-refractivity contribution in [2.45, 2.75) is 13.3 Å². The third-order valence-electron chi connectivity index (χ3n) is 4.65. The van der Waals surface area contributed by atoms with Gasteiger partial charge in [0.25, 0.3) is 0 Å². The van der Waals surface area contributed by atoms with Gasteiger partial charge in [-0.3, -0.25) is 14.4 Å². The molecular formula is C17H20ClN3O3. The molecule has 3 rings (SSSR count). The molecule has 7 heteroatoms. The molecular weight excluding hydrogens is 330 g/mol. The van der Waals surface area contributed by atoms with Gasteiger partial charge >= 0.3 is 0 Å². The van der Waals surface area contributed by atoms with Gasteiger partial charge in [-0.2, -0.15) is 0 Å². The summed E-state index contributed by atoms with van der Waals surface area (Å²) in [5, 5.41) is 0.612. The summed E-state index contributed by atoms with van der Waals surface area (Å²) in [7, 11) is 0. The number of hydrogen-bond donors (Lipinski definition) is 0. The van der Waals surface area contributed by atoms with Gasteiger partial charge in [-0.05, 0) is 24.3 Å². The van der Waals surface area contributed by atoms with E-state index in [1.807, 2.05) is 0 Å². The van der Waals surface area contributed by atoms with E-state index in [0.717, 1.165) is 5.69 Å². The number of carbonyl (C=O) groups is 3. The second kappa shape index (κ2) is 6.81. The van der Waals surface area contributed by atoms with Crippen molar-refractivity contribution in [3.63, 3.8) is 0 Å². The van der Waals surface area contributed by atoms with E-state index in [4.69, 9.17) is 11.6 Å². The van der Waals surface area contributed by atoms with E-state index >= 15 is 0 Å². The fraction of sp³-hybridized carbons (Fsp3) is 0.471. The number of benzene rings is 1. The lowest BCUT2D eigenvalue weighted by Gasteiger charge is -2.35. The van der Waals surface area contributed by atoms with Crippen LogP contribution in [0.15, 0.2) is 24.3 Å². The maximum atomic E-state index is 12.7. The number of carbonyl (C=O) groups excluding carboxylic acids is 3. The molecule has 0 spiro atoms. The second-order valence-corrected chi connectivity index (χ2v) is 6.65. The molecule has 1 aromatic rings. The summed E-state index contributed by atoms with van der Waals surface area (Å²) in [5.74, 6) is -0.329. The predicted octanol–water partition coefficient (Wildman–Crippen LogP) is 1.38. The van der Waals surface area contributed by atoms with Crippen molar-refractivity contribution in [3.8, 4) is 0 Å². The van der Waals surface area contributed by atoms with Crippen molar-refractivity contribution >= 4 is 35.0 Å². The second-order valence-electron chi connectivity index (χ2n) is 6.21. The molecule has 0 aliphatic carbocycles. The van der Waals surface area contributed by atoms with Crippen LogP contribution in [0.25, 0.3) is 0 Å². The Labute approximate surface area is 146 Å². The first-order valence-corrected chi connectivity index (χ1v) is 8.43. The molecule has 1 unspecified atom stereocenters. The molecule has 128 valence electrons. The summed E-state index contributed by atoms with van der Waals surface area (Å²) in [6.07, 6.45) is 0.231. The monoisotopic (exact) mass is 349 g/mol. The maximum Gasteiger partial charge on any atom is 0.228 e. The van der Waals surface area contributed by atoms with Crippen LogP contribution in [0.4, 0.5) is 5.69 Å². The highest BCUT2D eigenvalue weighted by Gasteiger charge is 2.38. The standard InChI is InChI=1S/C17H20ClN3O3/c1-12(22)19-6-8-20(9-7-19)17(24)13-10-16(23)21(11-13)15-4-2-14(18)3-5-15/h2-5,13H,6-11H2,1H3. The van der Waals surface area contributed by atoms with Gasteiger partial charge in [-0.15, -0.1) is 0 Å². The first-order chi connectivity index (χ1) is 11.5. The van der Waals surface area contributed by atoms with E-state index in [1.165, 1.54) is 6.92 Å². The van der Waals surface area contributed by atoms with Crippen LogP contribution in [0.1, 0.15) is 13.3 Å². The van der Waals surface area contributed by atoms with Gasteiger partial charge in [0.1, 0.15) is 0 Å². The molecule has 6 nitrogen and oxygen atoms in total. The van der Waals surface area contributed by atoms with Gasteiger partial charge in [0.2, 0.25) is 17.7 Å². The lowest BCUT2D eigenvalue weighted by atomic mass is 10.1. The van der Waals surface area contributed by atoms with Crippen LogP contribution < -0.4 is 4.90 Å². The number of rotatable bonds is 2. The highest BCUT2D eigenvalue weighted by Crippen LogP contribution is 2.27. The molecule has 2 saturated heterocycles. The molecule has 24 heavy (non-hydrogen) atoms. The quantitative estimate of drug-likeness (QED) is 0.810. The van der Waals surface area contributed by atoms with E-state index in [1.54, 1.807) is 39.0 Å². The molecule has 2 heterocycles. The van der Waals surface area contributed by atoms with E-state index in [2.05, 4.69) is 0 Å². The average Bonchev–Trinajstić information content (AvgIpc) is 2.97. The van der Waals surface area contributed by atoms with Crippen molar-refractivity contribution in [2.75, 3.05) is 37.6 Å². The first kappa shape index (κ1) is 16.8. The summed E-state index contributed by atoms with van der Waals surface area (Å²) in [4.78, 5) is 41.5. The van der Waals surface area contributed by atoms with E-state index in [9.17, 15) is 14.4 Å². The third kappa shape index (κ3) is 3.38. The van der Waals surface area contributed by atoms with Crippen molar-refractivity contribution < 1.29 is 14.4 Å². The summed E-state index contributed by atoms with van der Waals surface area (Å²) in [6.45, 7) is 4.11. The van der Waals surface area contributed by atoms with Gasteiger partial charge in [-0.1, -0.05) is 11.6 Å². The summed E-state index contributed by atoms with van der Waals surface area (Å²) >= 11 is 5.88. The normalized spacial score (nSPS) is 21.3. The lowest BCUT2D eigenvalue weighted by molar-refractivity contribution is -0.141. The van der Waals surface area contributed by atoms with E-state index in [0.29, 0.717) is 37.7 Å². The minimum absolute atomic E-state index is 0.00279. The van der Waals surface area contributed by atoms with Crippen molar-refractivity contribution in [2.24, 2.45) is 5.92 Å². The summed E-state index contributed by atoms with van der Waals surface area (Å²) in [5.41, 5.74) is 0.765. The Morgan fingerprint density at radius 2 is 1.62 bits per heavy atom. The van der Waals surface area contributed by atoms with Crippen LogP contribution in [0, 0.1) is 5.92 Å². The molecule has 0 N–H and O–H groups in total. The SMILES string of the molecule is CC(=O)N1CCN(C(=O)C2CC(=O)N(c3ccc(Cl)cc3)C2)CC1. The Kier molecular flexibility index (Phi) is 4.76. The zero-order valence-electron chi connectivity index (χ0n) is 13.6. The molecule has 3 amide bonds. The smallest absolute Gasteiger partial charge is 0.228 e. The molecule has 2 aliphatic rings. The average molecular weight is 350 g/mol. The fourth-order valence-electron chi connectivity index (χ4n) is 3.24. The van der Waals surface area contributed by atoms with Gasteiger partial charge < -0.3 is 14.7 Å². The number of hydrogen-bond acceptors (Lipinski definition) is 3. The summed E-state index contributed by atoms with van der Waals surface area (Å²) in [6, 6.07) is 7.05. The molecule has 0 aromatic heterocycles. The number of piperazine rings is 1. The van der Waals surface area contributed by atoms with Crippen LogP contribution in [0.3, 0.4) is 0 Å².